The molecule has 140 valence electrons. The Hall–Kier alpha value is -2.75. The van der Waals surface area contributed by atoms with Crippen LogP contribution in [0, 0.1) is 10.1 Å². The van der Waals surface area contributed by atoms with Crippen LogP contribution in [0.1, 0.15) is 10.4 Å². The van der Waals surface area contributed by atoms with Gasteiger partial charge in [0.25, 0.3) is 11.6 Å². The zero-order valence-corrected chi connectivity index (χ0v) is 15.8. The van der Waals surface area contributed by atoms with Crippen LogP contribution in [-0.2, 0) is 4.74 Å². The molecule has 0 radical (unpaired) electrons. The second-order valence-corrected chi connectivity index (χ2v) is 6.96. The molecule has 0 aliphatic carbocycles. The van der Waals surface area contributed by atoms with Crippen molar-refractivity contribution in [3.63, 3.8) is 0 Å². The summed E-state index contributed by atoms with van der Waals surface area (Å²) < 4.78 is 5.79. The summed E-state index contributed by atoms with van der Waals surface area (Å²) in [6.07, 6.45) is 0. The third-order valence-corrected chi connectivity index (χ3v) is 4.84. The minimum atomic E-state index is -0.536. The molecule has 2 N–H and O–H groups in total. The van der Waals surface area contributed by atoms with E-state index in [1.807, 2.05) is 6.07 Å². The fourth-order valence-corrected chi connectivity index (χ4v) is 3.39. The Labute approximate surface area is 163 Å². The van der Waals surface area contributed by atoms with Crippen molar-refractivity contribution in [3.05, 3.63) is 57.1 Å². The Morgan fingerprint density at radius 1 is 1.33 bits per heavy atom. The molecule has 0 saturated heterocycles. The number of methoxy groups -OCH3 is 1. The molecule has 0 aliphatic heterocycles. The number of aromatic nitrogens is 1. The predicted octanol–water partition coefficient (Wildman–Crippen LogP) is 4.17. The van der Waals surface area contributed by atoms with Crippen LogP contribution in [0.3, 0.4) is 0 Å². The van der Waals surface area contributed by atoms with E-state index in [1.54, 1.807) is 19.2 Å². The van der Waals surface area contributed by atoms with Crippen molar-refractivity contribution in [1.29, 1.82) is 0 Å². The van der Waals surface area contributed by atoms with E-state index in [0.29, 0.717) is 34.5 Å². The van der Waals surface area contributed by atoms with Gasteiger partial charge in [-0.05, 0) is 30.3 Å². The molecule has 8 nitrogen and oxygen atoms in total. The Bertz CT molecular complexity index is 1010. The lowest BCUT2D eigenvalue weighted by Gasteiger charge is -2.08. The lowest BCUT2D eigenvalue weighted by molar-refractivity contribution is -0.384. The minimum Gasteiger partial charge on any atom is -0.383 e. The highest BCUT2D eigenvalue weighted by Crippen LogP contribution is 2.29. The Balaban J connectivity index is 1.80. The minimum absolute atomic E-state index is 0.163. The van der Waals surface area contributed by atoms with E-state index in [9.17, 15) is 14.9 Å². The van der Waals surface area contributed by atoms with Crippen LogP contribution >= 0.6 is 22.9 Å². The van der Waals surface area contributed by atoms with E-state index in [4.69, 9.17) is 16.3 Å². The molecule has 2 aromatic carbocycles. The molecule has 0 unspecified atom stereocenters. The van der Waals surface area contributed by atoms with E-state index < -0.39 is 10.8 Å². The van der Waals surface area contributed by atoms with Gasteiger partial charge < -0.3 is 10.1 Å². The maximum absolute atomic E-state index is 12.5. The molecule has 0 atom stereocenters. The van der Waals surface area contributed by atoms with Gasteiger partial charge in [0, 0.05) is 30.3 Å². The van der Waals surface area contributed by atoms with E-state index in [2.05, 4.69) is 15.6 Å². The van der Waals surface area contributed by atoms with Crippen molar-refractivity contribution in [2.75, 3.05) is 30.9 Å². The number of carbonyl (C=O) groups excluding carboxylic acids is 1. The number of ether oxygens (including phenoxy) is 1. The van der Waals surface area contributed by atoms with Gasteiger partial charge in [0.15, 0.2) is 5.13 Å². The number of fused-ring (bicyclic) bond motifs is 1. The van der Waals surface area contributed by atoms with Gasteiger partial charge in [0.05, 0.1) is 21.7 Å². The van der Waals surface area contributed by atoms with Crippen molar-refractivity contribution in [2.24, 2.45) is 0 Å². The first-order chi connectivity index (χ1) is 13.0. The number of nitrogens with one attached hydrogen (secondary N) is 2. The van der Waals surface area contributed by atoms with Crippen LogP contribution < -0.4 is 10.6 Å². The average Bonchev–Trinajstić information content (AvgIpc) is 3.03. The lowest BCUT2D eigenvalue weighted by Crippen LogP contribution is -2.13. The summed E-state index contributed by atoms with van der Waals surface area (Å²) in [5, 5.41) is 17.8. The topological polar surface area (TPSA) is 106 Å². The first-order valence-corrected chi connectivity index (χ1v) is 9.06. The molecular weight excluding hydrogens is 392 g/mol. The van der Waals surface area contributed by atoms with Crippen LogP contribution in [0.15, 0.2) is 36.4 Å². The molecule has 10 heteroatoms. The summed E-state index contributed by atoms with van der Waals surface area (Å²) in [7, 11) is 1.54. The monoisotopic (exact) mass is 406 g/mol. The van der Waals surface area contributed by atoms with Crippen LogP contribution in [-0.4, -0.2) is 36.1 Å². The molecule has 0 aliphatic rings. The van der Waals surface area contributed by atoms with Gasteiger partial charge in [-0.15, -0.1) is 0 Å². The molecule has 27 heavy (non-hydrogen) atoms. The van der Waals surface area contributed by atoms with Gasteiger partial charge in [-0.25, -0.2) is 4.98 Å². The number of rotatable bonds is 7. The molecule has 0 fully saturated rings. The number of halogens is 1. The smallest absolute Gasteiger partial charge is 0.293 e. The molecule has 0 saturated carbocycles. The summed E-state index contributed by atoms with van der Waals surface area (Å²) in [4.78, 5) is 27.6. The highest BCUT2D eigenvalue weighted by molar-refractivity contribution is 7.22. The molecule has 1 aromatic heterocycles. The first kappa shape index (κ1) is 19.0. The third-order valence-electron chi connectivity index (χ3n) is 3.65. The highest BCUT2D eigenvalue weighted by atomic mass is 35.5. The van der Waals surface area contributed by atoms with Crippen molar-refractivity contribution in [2.45, 2.75) is 0 Å². The van der Waals surface area contributed by atoms with Gasteiger partial charge in [-0.3, -0.25) is 20.2 Å². The SMILES string of the molecule is COCCNc1ccc(C(=O)Nc2nc3cc(Cl)ccc3s2)cc1[N+](=O)[O-]. The Kier molecular flexibility index (Phi) is 5.84. The fraction of sp³-hybridized carbons (Fsp3) is 0.176. The number of nitro groups is 1. The number of amides is 1. The summed E-state index contributed by atoms with van der Waals surface area (Å²) in [5.41, 5.74) is 0.973. The van der Waals surface area contributed by atoms with Crippen LogP contribution in [0.25, 0.3) is 10.2 Å². The Morgan fingerprint density at radius 3 is 2.89 bits per heavy atom. The number of nitrogens with zero attached hydrogens (tertiary/aromatic N) is 2. The van der Waals surface area contributed by atoms with E-state index in [-0.39, 0.29) is 11.3 Å². The summed E-state index contributed by atoms with van der Waals surface area (Å²) in [6, 6.07) is 9.51. The number of hydrogen-bond donors (Lipinski definition) is 2. The summed E-state index contributed by atoms with van der Waals surface area (Å²) >= 11 is 7.23. The number of benzene rings is 2. The van der Waals surface area contributed by atoms with Crippen molar-refractivity contribution in [3.8, 4) is 0 Å². The lowest BCUT2D eigenvalue weighted by atomic mass is 10.1. The molecule has 0 spiro atoms. The van der Waals surface area contributed by atoms with Gasteiger partial charge in [0.1, 0.15) is 5.69 Å². The van der Waals surface area contributed by atoms with E-state index in [0.717, 1.165) is 4.70 Å². The third kappa shape index (κ3) is 4.51. The second-order valence-electron chi connectivity index (χ2n) is 5.49. The fourth-order valence-electron chi connectivity index (χ4n) is 2.38. The summed E-state index contributed by atoms with van der Waals surface area (Å²) in [5.74, 6) is -0.480. The van der Waals surface area contributed by atoms with Crippen molar-refractivity contribution >= 4 is 55.6 Å². The average molecular weight is 407 g/mol. The molecule has 3 rings (SSSR count). The molecular formula is C17H15ClN4O4S. The van der Waals surface area contributed by atoms with Gasteiger partial charge in [0.2, 0.25) is 0 Å². The number of thiazole rings is 1. The quantitative estimate of drug-likeness (QED) is 0.346. The van der Waals surface area contributed by atoms with Crippen LogP contribution in [0.2, 0.25) is 5.02 Å². The number of hydrogen-bond acceptors (Lipinski definition) is 7. The molecule has 1 heterocycles. The van der Waals surface area contributed by atoms with Crippen molar-refractivity contribution in [1.82, 2.24) is 4.98 Å². The van der Waals surface area contributed by atoms with E-state index >= 15 is 0 Å². The zero-order valence-electron chi connectivity index (χ0n) is 14.2. The van der Waals surface area contributed by atoms with E-state index in [1.165, 1.54) is 29.5 Å². The molecule has 3 aromatic rings. The van der Waals surface area contributed by atoms with Gasteiger partial charge in [-0.1, -0.05) is 22.9 Å². The first-order valence-electron chi connectivity index (χ1n) is 7.86. The molecule has 0 bridgehead atoms. The summed E-state index contributed by atoms with van der Waals surface area (Å²) in [6.45, 7) is 0.818. The zero-order chi connectivity index (χ0) is 19.4. The molecule has 1 amide bonds. The van der Waals surface area contributed by atoms with Crippen molar-refractivity contribution < 1.29 is 14.5 Å². The largest absolute Gasteiger partial charge is 0.383 e. The maximum Gasteiger partial charge on any atom is 0.293 e. The van der Waals surface area contributed by atoms with Crippen LogP contribution in [0.4, 0.5) is 16.5 Å². The standard InChI is InChI=1S/C17H15ClN4O4S/c1-26-7-6-19-12-4-2-10(8-14(12)22(24)25)16(23)21-17-20-13-9-11(18)3-5-15(13)27-17/h2-5,8-9,19H,6-7H2,1H3,(H,20,21,23). The predicted molar refractivity (Wildman–Crippen MR) is 106 cm³/mol. The second kappa shape index (κ2) is 8.30. The number of nitro benzene ring substituents is 1. The normalized spacial score (nSPS) is 10.7. The number of carbonyl (C=O) groups is 1. The Morgan fingerprint density at radius 2 is 2.15 bits per heavy atom. The number of anilines is 2. The van der Waals surface area contributed by atoms with Gasteiger partial charge >= 0.3 is 0 Å². The highest BCUT2D eigenvalue weighted by Gasteiger charge is 2.18. The van der Waals surface area contributed by atoms with Gasteiger partial charge in [-0.2, -0.15) is 0 Å². The van der Waals surface area contributed by atoms with Crippen LogP contribution in [0.5, 0.6) is 0 Å². The maximum atomic E-state index is 12.5.